The zero-order chi connectivity index (χ0) is 10.7. The summed E-state index contributed by atoms with van der Waals surface area (Å²) >= 11 is 0. The molecule has 0 saturated carbocycles. The van der Waals surface area contributed by atoms with Crippen molar-refractivity contribution in [2.24, 2.45) is 5.73 Å². The smallest absolute Gasteiger partial charge is 0.181 e. The number of benzene rings is 1. The number of nitrogens with two attached hydrogens (primary N) is 1. The second-order valence-electron chi connectivity index (χ2n) is 3.74. The van der Waals surface area contributed by atoms with E-state index in [1.54, 1.807) is 6.20 Å². The number of nitrogens with zero attached hydrogens (tertiary/aromatic N) is 1. The van der Waals surface area contributed by atoms with E-state index in [-0.39, 0.29) is 6.04 Å². The van der Waals surface area contributed by atoms with Crippen molar-refractivity contribution in [3.63, 3.8) is 0 Å². The lowest BCUT2D eigenvalue weighted by atomic mass is 10.1. The van der Waals surface area contributed by atoms with Gasteiger partial charge in [0.15, 0.2) is 12.2 Å². The lowest BCUT2D eigenvalue weighted by molar-refractivity contribution is 0.572. The Hall–Kier alpha value is -1.61. The summed E-state index contributed by atoms with van der Waals surface area (Å²) in [6, 6.07) is 8.39. The second-order valence-corrected chi connectivity index (χ2v) is 3.74. The number of oxazole rings is 1. The molecule has 0 fully saturated rings. The lowest BCUT2D eigenvalue weighted by Crippen LogP contribution is -2.17. The summed E-state index contributed by atoms with van der Waals surface area (Å²) in [5, 5.41) is 0. The van der Waals surface area contributed by atoms with Crippen molar-refractivity contribution in [2.75, 3.05) is 0 Å². The molecule has 0 spiro atoms. The lowest BCUT2D eigenvalue weighted by Gasteiger charge is -2.05. The van der Waals surface area contributed by atoms with Crippen LogP contribution in [-0.4, -0.2) is 11.0 Å². The summed E-state index contributed by atoms with van der Waals surface area (Å²) in [4.78, 5) is 3.88. The molecule has 0 aliphatic carbocycles. The summed E-state index contributed by atoms with van der Waals surface area (Å²) in [6.07, 6.45) is 4.04. The minimum absolute atomic E-state index is 0.195. The molecule has 1 aromatic heterocycles. The Morgan fingerprint density at radius 2 is 2.07 bits per heavy atom. The van der Waals surface area contributed by atoms with E-state index in [1.807, 2.05) is 19.1 Å². The van der Waals surface area contributed by atoms with Gasteiger partial charge in [0.25, 0.3) is 0 Å². The first-order chi connectivity index (χ1) is 7.25. The molecule has 1 atom stereocenters. The van der Waals surface area contributed by atoms with Crippen molar-refractivity contribution in [3.05, 3.63) is 42.4 Å². The molecule has 15 heavy (non-hydrogen) atoms. The van der Waals surface area contributed by atoms with E-state index in [4.69, 9.17) is 10.2 Å². The van der Waals surface area contributed by atoms with E-state index >= 15 is 0 Å². The van der Waals surface area contributed by atoms with Gasteiger partial charge in [0.1, 0.15) is 0 Å². The van der Waals surface area contributed by atoms with Crippen molar-refractivity contribution < 1.29 is 4.42 Å². The van der Waals surface area contributed by atoms with Crippen LogP contribution in [0.5, 0.6) is 0 Å². The molecule has 1 unspecified atom stereocenters. The maximum atomic E-state index is 5.73. The van der Waals surface area contributed by atoms with Gasteiger partial charge in [0, 0.05) is 11.6 Å². The molecule has 0 aliphatic heterocycles. The highest BCUT2D eigenvalue weighted by atomic mass is 16.3. The molecule has 0 radical (unpaired) electrons. The number of hydrogen-bond acceptors (Lipinski definition) is 3. The van der Waals surface area contributed by atoms with Crippen LogP contribution >= 0.6 is 0 Å². The fourth-order valence-corrected chi connectivity index (χ4v) is 1.54. The van der Waals surface area contributed by atoms with Gasteiger partial charge in [-0.2, -0.15) is 0 Å². The second kappa shape index (κ2) is 4.28. The zero-order valence-electron chi connectivity index (χ0n) is 8.68. The van der Waals surface area contributed by atoms with Gasteiger partial charge in [0.05, 0.1) is 6.20 Å². The number of aromatic nitrogens is 1. The van der Waals surface area contributed by atoms with Crippen LogP contribution in [0.15, 0.2) is 41.3 Å². The van der Waals surface area contributed by atoms with Crippen molar-refractivity contribution in [1.29, 1.82) is 0 Å². The van der Waals surface area contributed by atoms with Gasteiger partial charge in [-0.25, -0.2) is 4.98 Å². The van der Waals surface area contributed by atoms with E-state index in [1.165, 1.54) is 12.0 Å². The molecule has 0 saturated heterocycles. The Labute approximate surface area is 88.9 Å². The van der Waals surface area contributed by atoms with Gasteiger partial charge < -0.3 is 10.2 Å². The third-order valence-corrected chi connectivity index (χ3v) is 2.23. The predicted octanol–water partition coefficient (Wildman–Crippen LogP) is 2.23. The first-order valence-electron chi connectivity index (χ1n) is 4.99. The van der Waals surface area contributed by atoms with Crippen LogP contribution in [0.4, 0.5) is 0 Å². The predicted molar refractivity (Wildman–Crippen MR) is 59.3 cm³/mol. The van der Waals surface area contributed by atoms with Gasteiger partial charge in [-0.05, 0) is 18.9 Å². The Morgan fingerprint density at radius 1 is 1.33 bits per heavy atom. The summed E-state index contributed by atoms with van der Waals surface area (Å²) in [7, 11) is 0. The normalized spacial score (nSPS) is 12.7. The largest absolute Gasteiger partial charge is 0.444 e. The van der Waals surface area contributed by atoms with Crippen LogP contribution in [0.25, 0.3) is 11.3 Å². The van der Waals surface area contributed by atoms with E-state index in [9.17, 15) is 0 Å². The fourth-order valence-electron chi connectivity index (χ4n) is 1.54. The Morgan fingerprint density at radius 3 is 2.60 bits per heavy atom. The molecular weight excluding hydrogens is 188 g/mol. The van der Waals surface area contributed by atoms with Crippen LogP contribution < -0.4 is 5.73 Å². The third kappa shape index (κ3) is 2.44. The van der Waals surface area contributed by atoms with Gasteiger partial charge in [-0.15, -0.1) is 0 Å². The third-order valence-electron chi connectivity index (χ3n) is 2.23. The fraction of sp³-hybridized carbons (Fsp3) is 0.250. The SMILES string of the molecule is CC(N)Cc1ccc(-c2cnco2)cc1. The molecule has 1 aromatic carbocycles. The first-order valence-corrected chi connectivity index (χ1v) is 4.99. The van der Waals surface area contributed by atoms with E-state index in [2.05, 4.69) is 17.1 Å². The van der Waals surface area contributed by atoms with Gasteiger partial charge in [-0.1, -0.05) is 24.3 Å². The van der Waals surface area contributed by atoms with Crippen LogP contribution in [0.3, 0.4) is 0 Å². The van der Waals surface area contributed by atoms with Gasteiger partial charge in [-0.3, -0.25) is 0 Å². The number of rotatable bonds is 3. The molecule has 2 aromatic rings. The maximum Gasteiger partial charge on any atom is 0.181 e. The quantitative estimate of drug-likeness (QED) is 0.830. The molecule has 1 heterocycles. The van der Waals surface area contributed by atoms with Crippen LogP contribution in [-0.2, 0) is 6.42 Å². The standard InChI is InChI=1S/C12H14N2O/c1-9(13)6-10-2-4-11(5-3-10)12-7-14-8-15-12/h2-5,7-9H,6,13H2,1H3. The van der Waals surface area contributed by atoms with Crippen molar-refractivity contribution in [2.45, 2.75) is 19.4 Å². The summed E-state index contributed by atoms with van der Waals surface area (Å²) in [5.41, 5.74) is 8.01. The van der Waals surface area contributed by atoms with Crippen LogP contribution in [0.2, 0.25) is 0 Å². The van der Waals surface area contributed by atoms with E-state index < -0.39 is 0 Å². The molecule has 0 amide bonds. The molecule has 3 nitrogen and oxygen atoms in total. The van der Waals surface area contributed by atoms with E-state index in [0.717, 1.165) is 17.7 Å². The van der Waals surface area contributed by atoms with Crippen LogP contribution in [0, 0.1) is 0 Å². The monoisotopic (exact) mass is 202 g/mol. The van der Waals surface area contributed by atoms with E-state index in [0.29, 0.717) is 0 Å². The van der Waals surface area contributed by atoms with Crippen molar-refractivity contribution in [3.8, 4) is 11.3 Å². The Balaban J connectivity index is 2.17. The highest BCUT2D eigenvalue weighted by Gasteiger charge is 2.02. The molecule has 0 bridgehead atoms. The topological polar surface area (TPSA) is 52.0 Å². The van der Waals surface area contributed by atoms with Crippen molar-refractivity contribution in [1.82, 2.24) is 4.98 Å². The Bertz CT molecular complexity index is 404. The molecule has 2 N–H and O–H groups in total. The summed E-state index contributed by atoms with van der Waals surface area (Å²) in [5.74, 6) is 0.794. The molecule has 78 valence electrons. The summed E-state index contributed by atoms with van der Waals surface area (Å²) < 4.78 is 5.20. The minimum atomic E-state index is 0.195. The molecule has 0 aliphatic rings. The first kappa shape index (κ1) is 9.93. The molecular formula is C12H14N2O. The zero-order valence-corrected chi connectivity index (χ0v) is 8.68. The molecule has 2 rings (SSSR count). The highest BCUT2D eigenvalue weighted by molar-refractivity contribution is 5.56. The van der Waals surface area contributed by atoms with Gasteiger partial charge >= 0.3 is 0 Å². The minimum Gasteiger partial charge on any atom is -0.444 e. The van der Waals surface area contributed by atoms with Crippen molar-refractivity contribution >= 4 is 0 Å². The average Bonchev–Trinajstić information content (AvgIpc) is 2.71. The van der Waals surface area contributed by atoms with Crippen LogP contribution in [0.1, 0.15) is 12.5 Å². The van der Waals surface area contributed by atoms with Gasteiger partial charge in [0.2, 0.25) is 0 Å². The Kier molecular flexibility index (Phi) is 2.83. The molecule has 3 heteroatoms. The average molecular weight is 202 g/mol. The highest BCUT2D eigenvalue weighted by Crippen LogP contribution is 2.19. The summed E-state index contributed by atoms with van der Waals surface area (Å²) in [6.45, 7) is 2.00. The number of hydrogen-bond donors (Lipinski definition) is 1. The maximum absolute atomic E-state index is 5.73.